The molecule has 0 spiro atoms. The van der Waals surface area contributed by atoms with Gasteiger partial charge >= 0.3 is 5.97 Å². The predicted octanol–water partition coefficient (Wildman–Crippen LogP) is 0.964. The van der Waals surface area contributed by atoms with Crippen molar-refractivity contribution in [1.82, 2.24) is 4.90 Å². The van der Waals surface area contributed by atoms with Crippen molar-refractivity contribution >= 4 is 11.9 Å². The van der Waals surface area contributed by atoms with Crippen molar-refractivity contribution in [3.05, 3.63) is 34.9 Å². The number of hydrogen-bond acceptors (Lipinski definition) is 3. The Morgan fingerprint density at radius 2 is 2.06 bits per heavy atom. The number of carboxylic acid groups (broad SMARTS) is 1. The molecule has 1 aliphatic rings. The molecule has 1 atom stereocenters. The minimum absolute atomic E-state index is 0.0782. The molecule has 0 saturated heterocycles. The van der Waals surface area contributed by atoms with Crippen LogP contribution in [0.25, 0.3) is 0 Å². The predicted molar refractivity (Wildman–Crippen MR) is 65.9 cm³/mol. The number of carbonyl (C=O) groups is 2. The summed E-state index contributed by atoms with van der Waals surface area (Å²) in [4.78, 5) is 24.5. The van der Waals surface area contributed by atoms with E-state index >= 15 is 0 Å². The highest BCUT2D eigenvalue weighted by molar-refractivity contribution is 5.88. The summed E-state index contributed by atoms with van der Waals surface area (Å²) in [5.41, 5.74) is 7.87. The second-order valence-electron chi connectivity index (χ2n) is 4.50. The molecule has 1 aromatic carbocycles. The van der Waals surface area contributed by atoms with E-state index in [0.717, 1.165) is 11.1 Å². The second kappa shape index (κ2) is 4.78. The van der Waals surface area contributed by atoms with E-state index in [1.165, 1.54) is 0 Å². The third-order valence-corrected chi connectivity index (χ3v) is 3.24. The molecule has 0 aromatic heterocycles. The smallest absolute Gasteiger partial charge is 0.335 e. The van der Waals surface area contributed by atoms with Crippen LogP contribution in [0.5, 0.6) is 0 Å². The third-order valence-electron chi connectivity index (χ3n) is 3.24. The van der Waals surface area contributed by atoms with Gasteiger partial charge in [-0.15, -0.1) is 0 Å². The minimum Gasteiger partial charge on any atom is -0.478 e. The first-order valence-corrected chi connectivity index (χ1v) is 5.92. The van der Waals surface area contributed by atoms with Gasteiger partial charge in [-0.3, -0.25) is 4.79 Å². The van der Waals surface area contributed by atoms with Gasteiger partial charge < -0.3 is 15.7 Å². The molecule has 1 aromatic rings. The van der Waals surface area contributed by atoms with Crippen LogP contribution in [0.1, 0.15) is 34.8 Å². The van der Waals surface area contributed by atoms with Gasteiger partial charge in [-0.05, 0) is 29.7 Å². The highest BCUT2D eigenvalue weighted by Gasteiger charge is 2.26. The summed E-state index contributed by atoms with van der Waals surface area (Å²) in [5.74, 6) is -1.03. The van der Waals surface area contributed by atoms with Gasteiger partial charge in [0.2, 0.25) is 5.91 Å². The van der Waals surface area contributed by atoms with Crippen molar-refractivity contribution in [2.75, 3.05) is 0 Å². The summed E-state index contributed by atoms with van der Waals surface area (Å²) < 4.78 is 0. The maximum absolute atomic E-state index is 11.9. The topological polar surface area (TPSA) is 83.6 Å². The highest BCUT2D eigenvalue weighted by Crippen LogP contribution is 2.24. The molecular weight excluding hydrogens is 232 g/mol. The zero-order valence-electron chi connectivity index (χ0n) is 10.2. The summed E-state index contributed by atoms with van der Waals surface area (Å²) in [6.07, 6.45) is 0.603. The largest absolute Gasteiger partial charge is 0.478 e. The first kappa shape index (κ1) is 12.6. The molecule has 5 nitrogen and oxygen atoms in total. The van der Waals surface area contributed by atoms with Crippen LogP contribution in [0.2, 0.25) is 0 Å². The number of aromatic carboxylic acids is 1. The molecule has 0 unspecified atom stereocenters. The van der Waals surface area contributed by atoms with Crippen LogP contribution in [0.3, 0.4) is 0 Å². The number of nitrogens with zero attached hydrogens (tertiary/aromatic N) is 1. The number of benzene rings is 1. The van der Waals surface area contributed by atoms with E-state index in [4.69, 9.17) is 10.8 Å². The van der Waals surface area contributed by atoms with Crippen LogP contribution in [0, 0.1) is 0 Å². The monoisotopic (exact) mass is 248 g/mol. The van der Waals surface area contributed by atoms with Gasteiger partial charge in [0.1, 0.15) is 0 Å². The number of hydrogen-bond donors (Lipinski definition) is 2. The number of fused-ring (bicyclic) bond motifs is 1. The fourth-order valence-electron chi connectivity index (χ4n) is 2.09. The summed E-state index contributed by atoms with van der Waals surface area (Å²) in [6, 6.07) is 4.49. The van der Waals surface area contributed by atoms with Gasteiger partial charge in [0.15, 0.2) is 0 Å². The molecule has 18 heavy (non-hydrogen) atoms. The Labute approximate surface area is 105 Å². The molecule has 1 amide bonds. The van der Waals surface area contributed by atoms with E-state index in [2.05, 4.69) is 0 Å². The van der Waals surface area contributed by atoms with Crippen molar-refractivity contribution in [3.63, 3.8) is 0 Å². The average Bonchev–Trinajstić information content (AvgIpc) is 2.79. The number of carboxylic acids is 1. The third kappa shape index (κ3) is 2.22. The Balaban J connectivity index is 2.18. The summed E-state index contributed by atoms with van der Waals surface area (Å²) in [5, 5.41) is 8.92. The Morgan fingerprint density at radius 1 is 1.39 bits per heavy atom. The number of carbonyl (C=O) groups excluding carboxylic acids is 1. The molecule has 0 saturated carbocycles. The van der Waals surface area contributed by atoms with Gasteiger partial charge in [-0.1, -0.05) is 13.0 Å². The SMILES string of the molecule is CC[C@H](N)C(=O)N1Cc2ccc(C(=O)O)cc2C1. The van der Waals surface area contributed by atoms with Crippen molar-refractivity contribution in [3.8, 4) is 0 Å². The Kier molecular flexibility index (Phi) is 3.34. The van der Waals surface area contributed by atoms with E-state index in [0.29, 0.717) is 19.5 Å². The molecule has 2 rings (SSSR count). The van der Waals surface area contributed by atoms with Crippen LogP contribution in [-0.2, 0) is 17.9 Å². The molecule has 0 bridgehead atoms. The summed E-state index contributed by atoms with van der Waals surface area (Å²) in [6.45, 7) is 2.83. The van der Waals surface area contributed by atoms with E-state index in [1.54, 1.807) is 23.1 Å². The van der Waals surface area contributed by atoms with Crippen LogP contribution < -0.4 is 5.73 Å². The lowest BCUT2D eigenvalue weighted by molar-refractivity contribution is -0.133. The second-order valence-corrected chi connectivity index (χ2v) is 4.50. The summed E-state index contributed by atoms with van der Waals surface area (Å²) >= 11 is 0. The van der Waals surface area contributed by atoms with Gasteiger partial charge in [0.05, 0.1) is 11.6 Å². The normalized spacial score (nSPS) is 15.3. The van der Waals surface area contributed by atoms with Crippen molar-refractivity contribution < 1.29 is 14.7 Å². The van der Waals surface area contributed by atoms with Crippen LogP contribution >= 0.6 is 0 Å². The standard InChI is InChI=1S/C13H16N2O3/c1-2-11(14)12(16)15-6-9-4-3-8(13(17)18)5-10(9)7-15/h3-5,11H,2,6-7,14H2,1H3,(H,17,18)/t11-/m0/s1. The zero-order chi connectivity index (χ0) is 13.3. The van der Waals surface area contributed by atoms with E-state index < -0.39 is 12.0 Å². The molecule has 1 heterocycles. The maximum Gasteiger partial charge on any atom is 0.335 e. The quantitative estimate of drug-likeness (QED) is 0.834. The lowest BCUT2D eigenvalue weighted by atomic mass is 10.1. The maximum atomic E-state index is 11.9. The highest BCUT2D eigenvalue weighted by atomic mass is 16.4. The van der Waals surface area contributed by atoms with Gasteiger partial charge in [-0.25, -0.2) is 4.79 Å². The molecule has 96 valence electrons. The van der Waals surface area contributed by atoms with E-state index in [-0.39, 0.29) is 11.5 Å². The van der Waals surface area contributed by atoms with Crippen LogP contribution in [0.4, 0.5) is 0 Å². The molecule has 1 aliphatic heterocycles. The zero-order valence-corrected chi connectivity index (χ0v) is 10.2. The van der Waals surface area contributed by atoms with E-state index in [1.807, 2.05) is 6.92 Å². The van der Waals surface area contributed by atoms with Crippen molar-refractivity contribution in [1.29, 1.82) is 0 Å². The Bertz CT molecular complexity index is 499. The van der Waals surface area contributed by atoms with Gasteiger partial charge in [0, 0.05) is 13.1 Å². The Hall–Kier alpha value is -1.88. The number of nitrogens with two attached hydrogens (primary N) is 1. The van der Waals surface area contributed by atoms with Gasteiger partial charge in [0.25, 0.3) is 0 Å². The average molecular weight is 248 g/mol. The fraction of sp³-hybridized carbons (Fsp3) is 0.385. The van der Waals surface area contributed by atoms with Crippen LogP contribution in [-0.4, -0.2) is 27.9 Å². The minimum atomic E-state index is -0.951. The van der Waals surface area contributed by atoms with Crippen molar-refractivity contribution in [2.45, 2.75) is 32.5 Å². The molecular formula is C13H16N2O3. The lowest BCUT2D eigenvalue weighted by Crippen LogP contribution is -2.40. The molecule has 5 heteroatoms. The number of rotatable bonds is 3. The van der Waals surface area contributed by atoms with E-state index in [9.17, 15) is 9.59 Å². The molecule has 3 N–H and O–H groups in total. The fourth-order valence-corrected chi connectivity index (χ4v) is 2.09. The van der Waals surface area contributed by atoms with Crippen molar-refractivity contribution in [2.24, 2.45) is 5.73 Å². The van der Waals surface area contributed by atoms with Gasteiger partial charge in [-0.2, -0.15) is 0 Å². The first-order valence-electron chi connectivity index (χ1n) is 5.92. The molecule has 0 aliphatic carbocycles. The van der Waals surface area contributed by atoms with Crippen LogP contribution in [0.15, 0.2) is 18.2 Å². The number of amides is 1. The molecule has 0 radical (unpaired) electrons. The lowest BCUT2D eigenvalue weighted by Gasteiger charge is -2.19. The Morgan fingerprint density at radius 3 is 2.67 bits per heavy atom. The summed E-state index contributed by atoms with van der Waals surface area (Å²) in [7, 11) is 0. The first-order chi connectivity index (χ1) is 8.52. The molecule has 0 fully saturated rings.